The molecule has 0 aliphatic carbocycles. The number of unbranched alkanes of at least 4 members (excludes halogenated alkanes) is 1. The van der Waals surface area contributed by atoms with E-state index in [4.69, 9.17) is 5.73 Å². The average Bonchev–Trinajstić information content (AvgIpc) is 2.48. The first-order valence-electron chi connectivity index (χ1n) is 8.10. The summed E-state index contributed by atoms with van der Waals surface area (Å²) in [5.41, 5.74) is 5.90. The molecule has 1 rings (SSSR count). The lowest BCUT2D eigenvalue weighted by atomic mass is 10.2. The molecule has 0 saturated carbocycles. The number of hydrogen-bond acceptors (Lipinski definition) is 6. The number of nitrogens with two attached hydrogens (primary N) is 1. The maximum Gasteiger partial charge on any atom is 0.232 e. The van der Waals surface area contributed by atoms with Gasteiger partial charge in [-0.05, 0) is 33.6 Å². The van der Waals surface area contributed by atoms with Gasteiger partial charge in [-0.3, -0.25) is 0 Å². The van der Waals surface area contributed by atoms with Crippen molar-refractivity contribution < 1.29 is 0 Å². The maximum atomic E-state index is 5.90. The Bertz CT molecular complexity index is 419. The third-order valence-corrected chi connectivity index (χ3v) is 3.81. The molecule has 1 atom stereocenters. The summed E-state index contributed by atoms with van der Waals surface area (Å²) in [6, 6.07) is 0.392. The van der Waals surface area contributed by atoms with Crippen molar-refractivity contribution in [3.63, 3.8) is 0 Å². The first-order chi connectivity index (χ1) is 10.1. The van der Waals surface area contributed by atoms with E-state index in [1.54, 1.807) is 0 Å². The summed E-state index contributed by atoms with van der Waals surface area (Å²) in [6.45, 7) is 13.4. The Balaban J connectivity index is 3.12. The van der Waals surface area contributed by atoms with Crippen molar-refractivity contribution >= 4 is 17.8 Å². The van der Waals surface area contributed by atoms with Gasteiger partial charge in [-0.15, -0.1) is 0 Å². The van der Waals surface area contributed by atoms with Crippen LogP contribution < -0.4 is 15.5 Å². The number of rotatable bonds is 9. The molecule has 120 valence electrons. The standard InChI is InChI=1S/C15H30N6/c1-6-10-11-21(12(5)7-2)15-18-13(16)17-14(19-15)20(8-3)9-4/h12H,6-11H2,1-5H3,(H2,16,17,18,19). The van der Waals surface area contributed by atoms with Crippen LogP contribution in [0.3, 0.4) is 0 Å². The van der Waals surface area contributed by atoms with Gasteiger partial charge >= 0.3 is 0 Å². The van der Waals surface area contributed by atoms with E-state index >= 15 is 0 Å². The van der Waals surface area contributed by atoms with E-state index in [1.807, 2.05) is 0 Å². The first-order valence-corrected chi connectivity index (χ1v) is 8.10. The van der Waals surface area contributed by atoms with Crippen LogP contribution in [-0.2, 0) is 0 Å². The fourth-order valence-corrected chi connectivity index (χ4v) is 2.21. The maximum absolute atomic E-state index is 5.90. The molecule has 1 heterocycles. The minimum Gasteiger partial charge on any atom is -0.368 e. The number of aromatic nitrogens is 3. The Kier molecular flexibility index (Phi) is 7.19. The summed E-state index contributed by atoms with van der Waals surface area (Å²) in [5, 5.41) is 0. The van der Waals surface area contributed by atoms with Crippen LogP contribution in [0.5, 0.6) is 0 Å². The SMILES string of the molecule is CCCCN(c1nc(N)nc(N(CC)CC)n1)C(C)CC. The van der Waals surface area contributed by atoms with E-state index in [1.165, 1.54) is 0 Å². The van der Waals surface area contributed by atoms with Gasteiger partial charge in [0, 0.05) is 25.7 Å². The van der Waals surface area contributed by atoms with Crippen molar-refractivity contribution in [2.24, 2.45) is 0 Å². The van der Waals surface area contributed by atoms with Crippen molar-refractivity contribution in [1.82, 2.24) is 15.0 Å². The Morgan fingerprint density at radius 2 is 1.62 bits per heavy atom. The molecule has 0 amide bonds. The van der Waals surface area contributed by atoms with E-state index in [0.717, 1.165) is 38.9 Å². The number of nitrogens with zero attached hydrogens (tertiary/aromatic N) is 5. The Morgan fingerprint density at radius 1 is 1.00 bits per heavy atom. The van der Waals surface area contributed by atoms with Gasteiger partial charge in [-0.25, -0.2) is 0 Å². The van der Waals surface area contributed by atoms with Crippen molar-refractivity contribution in [3.05, 3.63) is 0 Å². The monoisotopic (exact) mass is 294 g/mol. The second-order valence-corrected chi connectivity index (χ2v) is 5.27. The lowest BCUT2D eigenvalue weighted by molar-refractivity contribution is 0.581. The summed E-state index contributed by atoms with van der Waals surface area (Å²) < 4.78 is 0. The molecule has 0 spiro atoms. The lowest BCUT2D eigenvalue weighted by Crippen LogP contribution is -2.36. The second kappa shape index (κ2) is 8.64. The molecule has 0 aliphatic heterocycles. The molecule has 21 heavy (non-hydrogen) atoms. The Morgan fingerprint density at radius 3 is 2.14 bits per heavy atom. The quantitative estimate of drug-likeness (QED) is 0.755. The Hall–Kier alpha value is -1.59. The van der Waals surface area contributed by atoms with Gasteiger partial charge in [-0.1, -0.05) is 20.3 Å². The molecule has 6 nitrogen and oxygen atoms in total. The summed E-state index contributed by atoms with van der Waals surface area (Å²) in [5.74, 6) is 1.67. The molecule has 2 N–H and O–H groups in total. The molecule has 1 aromatic rings. The van der Waals surface area contributed by atoms with Crippen LogP contribution in [-0.4, -0.2) is 40.6 Å². The summed E-state index contributed by atoms with van der Waals surface area (Å²) in [4.78, 5) is 17.6. The zero-order valence-electron chi connectivity index (χ0n) is 14.1. The van der Waals surface area contributed by atoms with Gasteiger partial charge in [0.05, 0.1) is 0 Å². The normalized spacial score (nSPS) is 12.2. The molecule has 6 heteroatoms. The van der Waals surface area contributed by atoms with E-state index < -0.39 is 0 Å². The fourth-order valence-electron chi connectivity index (χ4n) is 2.21. The van der Waals surface area contributed by atoms with Crippen LogP contribution in [0.4, 0.5) is 17.8 Å². The highest BCUT2D eigenvalue weighted by atomic mass is 15.4. The van der Waals surface area contributed by atoms with Crippen molar-refractivity contribution in [1.29, 1.82) is 0 Å². The highest BCUT2D eigenvalue weighted by Gasteiger charge is 2.18. The first kappa shape index (κ1) is 17.5. The molecule has 0 aliphatic rings. The molecule has 0 fully saturated rings. The lowest BCUT2D eigenvalue weighted by Gasteiger charge is -2.29. The van der Waals surface area contributed by atoms with Crippen molar-refractivity contribution in [2.45, 2.75) is 59.9 Å². The van der Waals surface area contributed by atoms with Gasteiger partial charge in [-0.2, -0.15) is 15.0 Å². The molecule has 0 aromatic carbocycles. The predicted octanol–water partition coefficient (Wildman–Crippen LogP) is 2.71. The van der Waals surface area contributed by atoms with Crippen LogP contribution in [0, 0.1) is 0 Å². The smallest absolute Gasteiger partial charge is 0.232 e. The minimum absolute atomic E-state index is 0.298. The van der Waals surface area contributed by atoms with Crippen LogP contribution in [0.1, 0.15) is 53.9 Å². The van der Waals surface area contributed by atoms with E-state index in [-0.39, 0.29) is 0 Å². The van der Waals surface area contributed by atoms with Gasteiger partial charge in [0.1, 0.15) is 0 Å². The van der Waals surface area contributed by atoms with Gasteiger partial charge in [0.15, 0.2) is 0 Å². The fraction of sp³-hybridized carbons (Fsp3) is 0.800. The van der Waals surface area contributed by atoms with Gasteiger partial charge in [0.25, 0.3) is 0 Å². The molecule has 0 radical (unpaired) electrons. The average molecular weight is 294 g/mol. The molecule has 1 aromatic heterocycles. The van der Waals surface area contributed by atoms with Crippen LogP contribution >= 0.6 is 0 Å². The van der Waals surface area contributed by atoms with E-state index in [9.17, 15) is 0 Å². The predicted molar refractivity (Wildman–Crippen MR) is 89.8 cm³/mol. The molecular formula is C15H30N6. The van der Waals surface area contributed by atoms with Gasteiger partial charge < -0.3 is 15.5 Å². The third-order valence-electron chi connectivity index (χ3n) is 3.81. The molecule has 0 saturated heterocycles. The number of hydrogen-bond donors (Lipinski definition) is 1. The number of nitrogen functional groups attached to an aromatic ring is 1. The molecule has 1 unspecified atom stereocenters. The summed E-state index contributed by atoms with van der Waals surface area (Å²) >= 11 is 0. The minimum atomic E-state index is 0.298. The molecule has 0 bridgehead atoms. The van der Waals surface area contributed by atoms with E-state index in [2.05, 4.69) is 59.4 Å². The van der Waals surface area contributed by atoms with E-state index in [0.29, 0.717) is 23.9 Å². The summed E-state index contributed by atoms with van der Waals surface area (Å²) in [7, 11) is 0. The van der Waals surface area contributed by atoms with Crippen LogP contribution in [0.15, 0.2) is 0 Å². The zero-order chi connectivity index (χ0) is 15.8. The zero-order valence-corrected chi connectivity index (χ0v) is 14.1. The van der Waals surface area contributed by atoms with Crippen LogP contribution in [0.2, 0.25) is 0 Å². The van der Waals surface area contributed by atoms with Crippen molar-refractivity contribution in [3.8, 4) is 0 Å². The highest BCUT2D eigenvalue weighted by Crippen LogP contribution is 2.19. The topological polar surface area (TPSA) is 71.2 Å². The van der Waals surface area contributed by atoms with Crippen molar-refractivity contribution in [2.75, 3.05) is 35.2 Å². The van der Waals surface area contributed by atoms with Crippen LogP contribution in [0.25, 0.3) is 0 Å². The third kappa shape index (κ3) is 4.72. The Labute approximate surface area is 128 Å². The largest absolute Gasteiger partial charge is 0.368 e. The molecular weight excluding hydrogens is 264 g/mol. The summed E-state index contributed by atoms with van der Waals surface area (Å²) in [6.07, 6.45) is 3.32. The number of anilines is 3. The highest BCUT2D eigenvalue weighted by molar-refractivity contribution is 5.44. The van der Waals surface area contributed by atoms with Gasteiger partial charge in [0.2, 0.25) is 17.8 Å². The second-order valence-electron chi connectivity index (χ2n) is 5.27.